The maximum atomic E-state index is 5.91. The zero-order valence-corrected chi connectivity index (χ0v) is 9.81. The second-order valence-corrected chi connectivity index (χ2v) is 5.35. The van der Waals surface area contributed by atoms with Gasteiger partial charge in [-0.3, -0.25) is 0 Å². The number of ether oxygens (including phenoxy) is 1. The number of thioether (sulfide) groups is 1. The van der Waals surface area contributed by atoms with Crippen LogP contribution in [-0.4, -0.2) is 9.92 Å². The molecule has 80 valence electrons. The lowest BCUT2D eigenvalue weighted by atomic mass is 10.3. The van der Waals surface area contributed by atoms with Crippen LogP contribution >= 0.6 is 23.4 Å². The van der Waals surface area contributed by atoms with Gasteiger partial charge in [-0.1, -0.05) is 23.4 Å². The van der Waals surface area contributed by atoms with E-state index < -0.39 is 0 Å². The van der Waals surface area contributed by atoms with E-state index in [0.29, 0.717) is 18.0 Å². The van der Waals surface area contributed by atoms with Crippen molar-refractivity contribution in [1.82, 2.24) is 4.98 Å². The number of hydrogen-bond acceptors (Lipinski definition) is 4. The molecule has 1 atom stereocenters. The average molecular weight is 243 g/mol. The highest BCUT2D eigenvalue weighted by atomic mass is 35.5. The van der Waals surface area contributed by atoms with Gasteiger partial charge in [0.05, 0.1) is 11.9 Å². The Balaban J connectivity index is 2.06. The minimum atomic E-state index is -0.347. The van der Waals surface area contributed by atoms with Crippen molar-refractivity contribution in [2.24, 2.45) is 0 Å². The second kappa shape index (κ2) is 3.94. The Hall–Kier alpha value is -0.870. The smallest absolute Gasteiger partial charge is 0.214 e. The maximum absolute atomic E-state index is 5.91. The lowest BCUT2D eigenvalue weighted by Gasteiger charge is -2.23. The molecule has 1 unspecified atom stereocenters. The first-order valence-electron chi connectivity index (χ1n) is 4.50. The summed E-state index contributed by atoms with van der Waals surface area (Å²) < 4.78 is 5.75. The van der Waals surface area contributed by atoms with Crippen molar-refractivity contribution in [3.63, 3.8) is 0 Å². The molecule has 3 nitrogen and oxygen atoms in total. The lowest BCUT2D eigenvalue weighted by molar-refractivity contribution is 0.183. The Morgan fingerprint density at radius 2 is 2.40 bits per heavy atom. The number of aromatic nitrogens is 1. The van der Waals surface area contributed by atoms with E-state index in [4.69, 9.17) is 22.1 Å². The third-order valence-electron chi connectivity index (χ3n) is 2.01. The Labute approximate surface area is 97.7 Å². The highest BCUT2D eigenvalue weighted by Crippen LogP contribution is 2.42. The van der Waals surface area contributed by atoms with Gasteiger partial charge in [0.15, 0.2) is 4.93 Å². The molecule has 1 aromatic heterocycles. The summed E-state index contributed by atoms with van der Waals surface area (Å²) in [5.74, 6) is 0.568. The number of hydrogen-bond donors (Lipinski definition) is 1. The zero-order valence-electron chi connectivity index (χ0n) is 8.24. The number of pyridine rings is 1. The quantitative estimate of drug-likeness (QED) is 0.866. The van der Waals surface area contributed by atoms with Gasteiger partial charge in [-0.2, -0.15) is 0 Å². The van der Waals surface area contributed by atoms with Crippen molar-refractivity contribution in [3.8, 4) is 5.88 Å². The van der Waals surface area contributed by atoms with E-state index in [1.165, 1.54) is 0 Å². The van der Waals surface area contributed by atoms with Crippen LogP contribution in [0.4, 0.5) is 5.69 Å². The number of halogens is 1. The molecule has 2 heterocycles. The van der Waals surface area contributed by atoms with Crippen LogP contribution in [0.5, 0.6) is 5.88 Å². The Morgan fingerprint density at radius 1 is 1.60 bits per heavy atom. The first kappa shape index (κ1) is 10.6. The first-order valence-corrected chi connectivity index (χ1v) is 5.76. The molecule has 5 heteroatoms. The SMILES string of the molecule is CC1(Oc2ccc(N)cn2)CC(Cl)=CS1. The molecule has 1 aromatic rings. The highest BCUT2D eigenvalue weighted by Gasteiger charge is 2.32. The first-order chi connectivity index (χ1) is 7.07. The average Bonchev–Trinajstić information content (AvgIpc) is 2.50. The van der Waals surface area contributed by atoms with Gasteiger partial charge in [-0.25, -0.2) is 4.98 Å². The van der Waals surface area contributed by atoms with Crippen LogP contribution in [0.1, 0.15) is 13.3 Å². The van der Waals surface area contributed by atoms with E-state index >= 15 is 0 Å². The number of nitrogens with two attached hydrogens (primary N) is 1. The zero-order chi connectivity index (χ0) is 10.9. The van der Waals surface area contributed by atoms with Crippen molar-refractivity contribution in [2.75, 3.05) is 5.73 Å². The van der Waals surface area contributed by atoms with Crippen LogP contribution in [0.25, 0.3) is 0 Å². The molecular weight excluding hydrogens is 232 g/mol. The van der Waals surface area contributed by atoms with E-state index in [-0.39, 0.29) is 4.93 Å². The van der Waals surface area contributed by atoms with Crippen LogP contribution < -0.4 is 10.5 Å². The Bertz CT molecular complexity index is 393. The number of anilines is 1. The molecule has 2 N–H and O–H groups in total. The fraction of sp³-hybridized carbons (Fsp3) is 0.300. The van der Waals surface area contributed by atoms with Crippen molar-refractivity contribution in [2.45, 2.75) is 18.3 Å². The Kier molecular flexibility index (Phi) is 2.80. The molecule has 0 spiro atoms. The van der Waals surface area contributed by atoms with E-state index in [2.05, 4.69) is 4.98 Å². The monoisotopic (exact) mass is 242 g/mol. The van der Waals surface area contributed by atoms with Gasteiger partial charge in [-0.05, 0) is 18.4 Å². The molecule has 1 aliphatic heterocycles. The third-order valence-corrected chi connectivity index (χ3v) is 3.51. The van der Waals surface area contributed by atoms with Gasteiger partial charge in [0, 0.05) is 17.5 Å². The van der Waals surface area contributed by atoms with E-state index in [9.17, 15) is 0 Å². The molecule has 0 aromatic carbocycles. The van der Waals surface area contributed by atoms with Crippen LogP contribution in [0, 0.1) is 0 Å². The summed E-state index contributed by atoms with van der Waals surface area (Å²) in [6.45, 7) is 1.99. The van der Waals surface area contributed by atoms with Gasteiger partial charge in [0.1, 0.15) is 0 Å². The third kappa shape index (κ3) is 2.58. The summed E-state index contributed by atoms with van der Waals surface area (Å²) in [7, 11) is 0. The summed E-state index contributed by atoms with van der Waals surface area (Å²) >= 11 is 7.47. The van der Waals surface area contributed by atoms with Crippen molar-refractivity contribution in [3.05, 3.63) is 28.8 Å². The normalized spacial score (nSPS) is 25.1. The summed E-state index contributed by atoms with van der Waals surface area (Å²) in [6.07, 6.45) is 2.28. The van der Waals surface area contributed by atoms with Gasteiger partial charge >= 0.3 is 0 Å². The topological polar surface area (TPSA) is 48.1 Å². The minimum absolute atomic E-state index is 0.347. The maximum Gasteiger partial charge on any atom is 0.214 e. The molecule has 0 amide bonds. The van der Waals surface area contributed by atoms with E-state index in [1.807, 2.05) is 12.3 Å². The summed E-state index contributed by atoms with van der Waals surface area (Å²) in [4.78, 5) is 3.74. The van der Waals surface area contributed by atoms with Gasteiger partial charge in [0.25, 0.3) is 0 Å². The fourth-order valence-corrected chi connectivity index (χ4v) is 2.61. The lowest BCUT2D eigenvalue weighted by Crippen LogP contribution is -2.25. The number of nitrogen functional groups attached to an aromatic ring is 1. The van der Waals surface area contributed by atoms with Crippen LogP contribution in [0.2, 0.25) is 0 Å². The van der Waals surface area contributed by atoms with E-state index in [0.717, 1.165) is 5.03 Å². The number of rotatable bonds is 2. The standard InChI is InChI=1S/C10H11ClN2OS/c1-10(4-7(11)6-15-10)14-9-3-2-8(12)5-13-9/h2-3,5-6H,4,12H2,1H3. The molecule has 0 radical (unpaired) electrons. The number of nitrogens with zero attached hydrogens (tertiary/aromatic N) is 1. The second-order valence-electron chi connectivity index (χ2n) is 3.52. The largest absolute Gasteiger partial charge is 0.459 e. The molecule has 2 rings (SSSR count). The molecular formula is C10H11ClN2OS. The van der Waals surface area contributed by atoms with Gasteiger partial charge in [-0.15, -0.1) is 0 Å². The summed E-state index contributed by atoms with van der Waals surface area (Å²) in [6, 6.07) is 3.52. The predicted molar refractivity (Wildman–Crippen MR) is 63.8 cm³/mol. The fourth-order valence-electron chi connectivity index (χ4n) is 1.31. The molecule has 0 aliphatic carbocycles. The van der Waals surface area contributed by atoms with Gasteiger partial charge < -0.3 is 10.5 Å². The van der Waals surface area contributed by atoms with Crippen molar-refractivity contribution >= 4 is 29.1 Å². The predicted octanol–water partition coefficient (Wildman–Crippen LogP) is 2.98. The minimum Gasteiger partial charge on any atom is -0.459 e. The molecule has 0 fully saturated rings. The van der Waals surface area contributed by atoms with Crippen molar-refractivity contribution < 1.29 is 4.74 Å². The van der Waals surface area contributed by atoms with Crippen LogP contribution in [0.3, 0.4) is 0 Å². The van der Waals surface area contributed by atoms with E-state index in [1.54, 1.807) is 30.1 Å². The molecule has 0 saturated carbocycles. The van der Waals surface area contributed by atoms with Crippen molar-refractivity contribution in [1.29, 1.82) is 0 Å². The van der Waals surface area contributed by atoms with Crippen LogP contribution in [-0.2, 0) is 0 Å². The summed E-state index contributed by atoms with van der Waals surface area (Å²) in [5, 5.41) is 2.72. The van der Waals surface area contributed by atoms with Crippen LogP contribution in [0.15, 0.2) is 28.8 Å². The molecule has 0 saturated heterocycles. The summed E-state index contributed by atoms with van der Waals surface area (Å²) in [5.41, 5.74) is 6.16. The highest BCUT2D eigenvalue weighted by molar-refractivity contribution is 8.03. The molecule has 15 heavy (non-hydrogen) atoms. The molecule has 0 bridgehead atoms. The van der Waals surface area contributed by atoms with Gasteiger partial charge in [0.2, 0.25) is 5.88 Å². The Morgan fingerprint density at radius 3 is 2.93 bits per heavy atom. The molecule has 1 aliphatic rings.